The van der Waals surface area contributed by atoms with Crippen molar-refractivity contribution in [2.24, 2.45) is 11.3 Å². The standard InChI is InChI=1S/C9H18O2/c1-9(2,3)8-6(10)4-5-7(8)11/h6-8,10-11H,4-5H2,1-3H3/t6-,7+,8?. The van der Waals surface area contributed by atoms with Crippen LogP contribution in [0.5, 0.6) is 0 Å². The average molecular weight is 158 g/mol. The molecule has 2 nitrogen and oxygen atoms in total. The van der Waals surface area contributed by atoms with E-state index in [1.807, 2.05) is 0 Å². The summed E-state index contributed by atoms with van der Waals surface area (Å²) in [6, 6.07) is 0. The molecule has 0 aromatic rings. The molecule has 2 heteroatoms. The Morgan fingerprint density at radius 1 is 1.00 bits per heavy atom. The summed E-state index contributed by atoms with van der Waals surface area (Å²) in [5, 5.41) is 19.1. The molecule has 1 fully saturated rings. The van der Waals surface area contributed by atoms with Gasteiger partial charge in [0.05, 0.1) is 12.2 Å². The molecule has 0 aliphatic heterocycles. The van der Waals surface area contributed by atoms with Gasteiger partial charge in [-0.3, -0.25) is 0 Å². The van der Waals surface area contributed by atoms with Gasteiger partial charge in [0.2, 0.25) is 0 Å². The Morgan fingerprint density at radius 3 is 1.55 bits per heavy atom. The zero-order valence-corrected chi connectivity index (χ0v) is 7.54. The third kappa shape index (κ3) is 1.74. The van der Waals surface area contributed by atoms with Crippen molar-refractivity contribution in [2.45, 2.75) is 45.8 Å². The summed E-state index contributed by atoms with van der Waals surface area (Å²) < 4.78 is 0. The van der Waals surface area contributed by atoms with Gasteiger partial charge in [0.15, 0.2) is 0 Å². The fraction of sp³-hybridized carbons (Fsp3) is 1.00. The van der Waals surface area contributed by atoms with E-state index in [9.17, 15) is 10.2 Å². The molecule has 0 amide bonds. The first kappa shape index (κ1) is 9.01. The summed E-state index contributed by atoms with van der Waals surface area (Å²) in [7, 11) is 0. The van der Waals surface area contributed by atoms with Gasteiger partial charge in [-0.1, -0.05) is 20.8 Å². The van der Waals surface area contributed by atoms with E-state index < -0.39 is 0 Å². The highest BCUT2D eigenvalue weighted by atomic mass is 16.3. The van der Waals surface area contributed by atoms with Crippen molar-refractivity contribution >= 4 is 0 Å². The van der Waals surface area contributed by atoms with Crippen LogP contribution in [-0.4, -0.2) is 22.4 Å². The van der Waals surface area contributed by atoms with E-state index in [4.69, 9.17) is 0 Å². The van der Waals surface area contributed by atoms with Gasteiger partial charge in [-0.15, -0.1) is 0 Å². The van der Waals surface area contributed by atoms with Gasteiger partial charge in [0.25, 0.3) is 0 Å². The van der Waals surface area contributed by atoms with Crippen LogP contribution in [0.4, 0.5) is 0 Å². The van der Waals surface area contributed by atoms with Gasteiger partial charge in [-0.2, -0.15) is 0 Å². The molecule has 1 rings (SSSR count). The maximum atomic E-state index is 9.53. The van der Waals surface area contributed by atoms with Crippen molar-refractivity contribution in [2.75, 3.05) is 0 Å². The summed E-state index contributed by atoms with van der Waals surface area (Å²) in [5.74, 6) is 0.0579. The summed E-state index contributed by atoms with van der Waals surface area (Å²) in [6.07, 6.45) is 0.904. The summed E-state index contributed by atoms with van der Waals surface area (Å²) in [6.45, 7) is 6.19. The molecule has 11 heavy (non-hydrogen) atoms. The molecule has 0 heterocycles. The van der Waals surface area contributed by atoms with Crippen LogP contribution in [0.2, 0.25) is 0 Å². The predicted molar refractivity (Wildman–Crippen MR) is 44.2 cm³/mol. The lowest BCUT2D eigenvalue weighted by Crippen LogP contribution is -2.34. The maximum Gasteiger partial charge on any atom is 0.0599 e. The van der Waals surface area contributed by atoms with Gasteiger partial charge in [-0.05, 0) is 18.3 Å². The summed E-state index contributed by atoms with van der Waals surface area (Å²) in [4.78, 5) is 0. The van der Waals surface area contributed by atoms with Crippen molar-refractivity contribution < 1.29 is 10.2 Å². The third-order valence-electron chi connectivity index (χ3n) is 2.59. The van der Waals surface area contributed by atoms with Gasteiger partial charge in [0, 0.05) is 5.92 Å². The van der Waals surface area contributed by atoms with Crippen molar-refractivity contribution in [3.8, 4) is 0 Å². The largest absolute Gasteiger partial charge is 0.393 e. The van der Waals surface area contributed by atoms with Gasteiger partial charge in [-0.25, -0.2) is 0 Å². The topological polar surface area (TPSA) is 40.5 Å². The first-order chi connectivity index (χ1) is 4.93. The second-order valence-corrected chi connectivity index (χ2v) is 4.60. The Balaban J connectivity index is 2.69. The highest BCUT2D eigenvalue weighted by Gasteiger charge is 2.41. The Kier molecular flexibility index (Phi) is 2.26. The number of aliphatic hydroxyl groups is 2. The monoisotopic (exact) mass is 158 g/mol. The smallest absolute Gasteiger partial charge is 0.0599 e. The lowest BCUT2D eigenvalue weighted by Gasteiger charge is -2.32. The molecule has 1 aliphatic carbocycles. The first-order valence-electron chi connectivity index (χ1n) is 4.29. The zero-order chi connectivity index (χ0) is 8.65. The minimum Gasteiger partial charge on any atom is -0.393 e. The molecule has 2 N–H and O–H groups in total. The molecule has 1 saturated carbocycles. The Hall–Kier alpha value is -0.0800. The van der Waals surface area contributed by atoms with E-state index in [0.29, 0.717) is 0 Å². The molecular weight excluding hydrogens is 140 g/mol. The quantitative estimate of drug-likeness (QED) is 0.555. The predicted octanol–water partition coefficient (Wildman–Crippen LogP) is 1.16. The van der Waals surface area contributed by atoms with Crippen LogP contribution >= 0.6 is 0 Å². The highest BCUT2D eigenvalue weighted by Crippen LogP contribution is 2.39. The fourth-order valence-corrected chi connectivity index (χ4v) is 2.11. The summed E-state index contributed by atoms with van der Waals surface area (Å²) in [5.41, 5.74) is 0.0231. The Morgan fingerprint density at radius 2 is 1.36 bits per heavy atom. The van der Waals surface area contributed by atoms with Crippen LogP contribution in [0.25, 0.3) is 0 Å². The number of hydrogen-bond acceptors (Lipinski definition) is 2. The van der Waals surface area contributed by atoms with Gasteiger partial charge >= 0.3 is 0 Å². The van der Waals surface area contributed by atoms with Crippen molar-refractivity contribution in [1.82, 2.24) is 0 Å². The Labute approximate surface area is 68.2 Å². The normalized spacial score (nSPS) is 39.5. The molecule has 66 valence electrons. The van der Waals surface area contributed by atoms with Crippen LogP contribution in [0.1, 0.15) is 33.6 Å². The highest BCUT2D eigenvalue weighted by molar-refractivity contribution is 4.91. The molecule has 1 unspecified atom stereocenters. The molecule has 0 aromatic heterocycles. The summed E-state index contributed by atoms with van der Waals surface area (Å²) >= 11 is 0. The molecule has 0 bridgehead atoms. The van der Waals surface area contributed by atoms with E-state index in [1.54, 1.807) is 0 Å². The van der Waals surface area contributed by atoms with Gasteiger partial charge < -0.3 is 10.2 Å². The SMILES string of the molecule is CC(C)(C)C1[C@H](O)CC[C@@H]1O. The van der Waals surface area contributed by atoms with Crippen molar-refractivity contribution in [3.63, 3.8) is 0 Å². The second-order valence-electron chi connectivity index (χ2n) is 4.60. The zero-order valence-electron chi connectivity index (χ0n) is 7.54. The number of aliphatic hydroxyl groups excluding tert-OH is 2. The minimum atomic E-state index is -0.301. The molecule has 3 atom stereocenters. The van der Waals surface area contributed by atoms with Crippen LogP contribution in [0.3, 0.4) is 0 Å². The molecule has 0 aromatic carbocycles. The van der Waals surface area contributed by atoms with Crippen LogP contribution in [0, 0.1) is 11.3 Å². The van der Waals surface area contributed by atoms with E-state index in [2.05, 4.69) is 20.8 Å². The van der Waals surface area contributed by atoms with E-state index in [-0.39, 0.29) is 23.5 Å². The fourth-order valence-electron chi connectivity index (χ4n) is 2.11. The number of hydrogen-bond donors (Lipinski definition) is 2. The molecule has 1 aliphatic rings. The molecule has 0 radical (unpaired) electrons. The van der Waals surface area contributed by atoms with E-state index >= 15 is 0 Å². The number of rotatable bonds is 0. The Bertz CT molecular complexity index is 127. The maximum absolute atomic E-state index is 9.53. The minimum absolute atomic E-state index is 0.0231. The van der Waals surface area contributed by atoms with Crippen molar-refractivity contribution in [3.05, 3.63) is 0 Å². The second kappa shape index (κ2) is 2.76. The van der Waals surface area contributed by atoms with E-state index in [0.717, 1.165) is 12.8 Å². The molecule has 0 spiro atoms. The van der Waals surface area contributed by atoms with Crippen LogP contribution in [-0.2, 0) is 0 Å². The van der Waals surface area contributed by atoms with Gasteiger partial charge in [0.1, 0.15) is 0 Å². The first-order valence-corrected chi connectivity index (χ1v) is 4.29. The van der Waals surface area contributed by atoms with Crippen molar-refractivity contribution in [1.29, 1.82) is 0 Å². The average Bonchev–Trinajstić information content (AvgIpc) is 2.08. The lowest BCUT2D eigenvalue weighted by atomic mass is 9.77. The molecule has 0 saturated heterocycles. The van der Waals surface area contributed by atoms with E-state index in [1.165, 1.54) is 0 Å². The van der Waals surface area contributed by atoms with Crippen LogP contribution in [0.15, 0.2) is 0 Å². The lowest BCUT2D eigenvalue weighted by molar-refractivity contribution is 0.00148. The third-order valence-corrected chi connectivity index (χ3v) is 2.59. The van der Waals surface area contributed by atoms with Crippen LogP contribution < -0.4 is 0 Å². The molecular formula is C9H18O2.